The summed E-state index contributed by atoms with van der Waals surface area (Å²) >= 11 is 0. The monoisotopic (exact) mass is 285 g/mol. The van der Waals surface area contributed by atoms with Gasteiger partial charge in [-0.3, -0.25) is 0 Å². The molecule has 108 valence electrons. The lowest BCUT2D eigenvalue weighted by molar-refractivity contribution is 0.286. The molecule has 1 aromatic carbocycles. The van der Waals surface area contributed by atoms with Crippen LogP contribution in [0, 0.1) is 6.92 Å². The van der Waals surface area contributed by atoms with Crippen LogP contribution in [0.2, 0.25) is 0 Å². The Labute approximate surface area is 115 Å². The number of aliphatic hydroxyl groups excluding tert-OH is 1. The first-order valence-electron chi connectivity index (χ1n) is 6.67. The first kappa shape index (κ1) is 16.1. The van der Waals surface area contributed by atoms with Gasteiger partial charge in [0.15, 0.2) is 9.84 Å². The van der Waals surface area contributed by atoms with Crippen molar-refractivity contribution < 1.29 is 13.5 Å². The van der Waals surface area contributed by atoms with Crippen molar-refractivity contribution in [3.63, 3.8) is 0 Å². The van der Waals surface area contributed by atoms with Gasteiger partial charge < -0.3 is 10.4 Å². The topological polar surface area (TPSA) is 66.4 Å². The third-order valence-corrected chi connectivity index (χ3v) is 4.72. The molecule has 0 radical (unpaired) electrons. The highest BCUT2D eigenvalue weighted by Gasteiger charge is 2.13. The minimum Gasteiger partial charge on any atom is -0.396 e. The van der Waals surface area contributed by atoms with Crippen LogP contribution in [0.5, 0.6) is 0 Å². The van der Waals surface area contributed by atoms with Gasteiger partial charge in [0.25, 0.3) is 0 Å². The largest absolute Gasteiger partial charge is 0.396 e. The van der Waals surface area contributed by atoms with Gasteiger partial charge in [-0.2, -0.15) is 0 Å². The fraction of sp³-hybridized carbons (Fsp3) is 0.571. The average Bonchev–Trinajstić information content (AvgIpc) is 2.38. The molecule has 0 fully saturated rings. The lowest BCUT2D eigenvalue weighted by Gasteiger charge is -2.06. The molecule has 0 aliphatic heterocycles. The van der Waals surface area contributed by atoms with Gasteiger partial charge in [0.05, 0.1) is 10.6 Å². The molecular weight excluding hydrogens is 262 g/mol. The second-order valence-corrected chi connectivity index (χ2v) is 6.78. The number of benzene rings is 1. The van der Waals surface area contributed by atoms with Crippen LogP contribution in [0.15, 0.2) is 29.2 Å². The average molecular weight is 285 g/mol. The Morgan fingerprint density at radius 1 is 1.05 bits per heavy atom. The Kier molecular flexibility index (Phi) is 7.05. The lowest BCUT2D eigenvalue weighted by Crippen LogP contribution is -2.18. The predicted molar refractivity (Wildman–Crippen MR) is 77.0 cm³/mol. The van der Waals surface area contributed by atoms with Gasteiger partial charge in [-0.15, -0.1) is 0 Å². The molecule has 5 heteroatoms. The number of hydrogen-bond donors (Lipinski definition) is 2. The van der Waals surface area contributed by atoms with Crippen LogP contribution in [-0.4, -0.2) is 39.0 Å². The summed E-state index contributed by atoms with van der Waals surface area (Å²) in [4.78, 5) is 0.409. The van der Waals surface area contributed by atoms with Crippen LogP contribution in [0.25, 0.3) is 0 Å². The molecule has 0 saturated heterocycles. The number of hydrogen-bond acceptors (Lipinski definition) is 4. The zero-order valence-corrected chi connectivity index (χ0v) is 12.2. The van der Waals surface area contributed by atoms with Crippen molar-refractivity contribution in [2.24, 2.45) is 0 Å². The van der Waals surface area contributed by atoms with Crippen molar-refractivity contribution in [3.05, 3.63) is 29.8 Å². The molecule has 0 unspecified atom stereocenters. The number of rotatable bonds is 9. The van der Waals surface area contributed by atoms with E-state index in [-0.39, 0.29) is 12.4 Å². The van der Waals surface area contributed by atoms with Gasteiger partial charge >= 0.3 is 0 Å². The van der Waals surface area contributed by atoms with Crippen molar-refractivity contribution in [1.29, 1.82) is 0 Å². The minimum atomic E-state index is -3.14. The molecule has 0 aromatic heterocycles. The van der Waals surface area contributed by atoms with Crippen LogP contribution >= 0.6 is 0 Å². The van der Waals surface area contributed by atoms with Gasteiger partial charge in [-0.1, -0.05) is 17.7 Å². The standard InChI is InChI=1S/C14H23NO3S/c1-13-5-7-14(8-6-13)19(17,18)12-3-2-9-15-10-4-11-16/h5-8,15-16H,2-4,9-12H2,1H3. The zero-order valence-electron chi connectivity index (χ0n) is 11.4. The summed E-state index contributed by atoms with van der Waals surface area (Å²) < 4.78 is 24.1. The molecule has 1 aromatic rings. The second-order valence-electron chi connectivity index (χ2n) is 4.67. The van der Waals surface area contributed by atoms with Gasteiger partial charge in [0.1, 0.15) is 0 Å². The normalized spacial score (nSPS) is 11.7. The van der Waals surface area contributed by atoms with Crippen LogP contribution in [-0.2, 0) is 9.84 Å². The van der Waals surface area contributed by atoms with Crippen molar-refractivity contribution in [3.8, 4) is 0 Å². The van der Waals surface area contributed by atoms with Gasteiger partial charge in [-0.25, -0.2) is 8.42 Å². The fourth-order valence-corrected chi connectivity index (χ4v) is 3.11. The molecule has 1 rings (SSSR count). The summed E-state index contributed by atoms with van der Waals surface area (Å²) in [5.74, 6) is 0.192. The predicted octanol–water partition coefficient (Wildman–Crippen LogP) is 1.52. The van der Waals surface area contributed by atoms with Crippen LogP contribution < -0.4 is 5.32 Å². The van der Waals surface area contributed by atoms with E-state index in [0.717, 1.165) is 31.5 Å². The van der Waals surface area contributed by atoms with Crippen molar-refractivity contribution in [2.75, 3.05) is 25.4 Å². The number of aliphatic hydroxyl groups is 1. The molecule has 0 heterocycles. The molecule has 0 bridgehead atoms. The second kappa shape index (κ2) is 8.30. The molecule has 0 amide bonds. The Hall–Kier alpha value is -0.910. The van der Waals surface area contributed by atoms with E-state index in [1.165, 1.54) is 0 Å². The molecular formula is C14H23NO3S. The van der Waals surface area contributed by atoms with E-state index in [2.05, 4.69) is 5.32 Å². The maximum absolute atomic E-state index is 12.0. The highest BCUT2D eigenvalue weighted by atomic mass is 32.2. The highest BCUT2D eigenvalue weighted by molar-refractivity contribution is 7.91. The van der Waals surface area contributed by atoms with E-state index in [0.29, 0.717) is 11.3 Å². The van der Waals surface area contributed by atoms with Crippen molar-refractivity contribution >= 4 is 9.84 Å². The van der Waals surface area contributed by atoms with Crippen molar-refractivity contribution in [1.82, 2.24) is 5.32 Å². The summed E-state index contributed by atoms with van der Waals surface area (Å²) in [7, 11) is -3.14. The SMILES string of the molecule is Cc1ccc(S(=O)(=O)CCCCNCCCO)cc1. The summed E-state index contributed by atoms with van der Waals surface area (Å²) in [6.45, 7) is 3.70. The maximum atomic E-state index is 12.0. The highest BCUT2D eigenvalue weighted by Crippen LogP contribution is 2.13. The summed E-state index contributed by atoms with van der Waals surface area (Å²) in [5.41, 5.74) is 1.06. The van der Waals surface area contributed by atoms with Gasteiger partial charge in [-0.05, 0) is 51.4 Å². The molecule has 19 heavy (non-hydrogen) atoms. The van der Waals surface area contributed by atoms with Crippen LogP contribution in [0.3, 0.4) is 0 Å². The fourth-order valence-electron chi connectivity index (χ4n) is 1.73. The Morgan fingerprint density at radius 2 is 1.68 bits per heavy atom. The Bertz CT molecular complexity index is 454. The minimum absolute atomic E-state index is 0.189. The van der Waals surface area contributed by atoms with Crippen molar-refractivity contribution in [2.45, 2.75) is 31.1 Å². The molecule has 2 N–H and O–H groups in total. The summed E-state index contributed by atoms with van der Waals surface area (Å²) in [6, 6.07) is 6.99. The van der Waals surface area contributed by atoms with E-state index in [1.807, 2.05) is 19.1 Å². The molecule has 4 nitrogen and oxygen atoms in total. The quantitative estimate of drug-likeness (QED) is 0.675. The van der Waals surface area contributed by atoms with E-state index >= 15 is 0 Å². The molecule has 0 aliphatic carbocycles. The summed E-state index contributed by atoms with van der Waals surface area (Å²) in [6.07, 6.45) is 2.22. The van der Waals surface area contributed by atoms with Gasteiger partial charge in [0, 0.05) is 6.61 Å². The third kappa shape index (κ3) is 6.18. The molecule has 0 spiro atoms. The maximum Gasteiger partial charge on any atom is 0.178 e. The Balaban J connectivity index is 2.29. The van der Waals surface area contributed by atoms with E-state index < -0.39 is 9.84 Å². The molecule has 0 saturated carbocycles. The van der Waals surface area contributed by atoms with E-state index in [9.17, 15) is 8.42 Å². The zero-order chi connectivity index (χ0) is 14.1. The van der Waals surface area contributed by atoms with E-state index in [4.69, 9.17) is 5.11 Å². The first-order chi connectivity index (χ1) is 9.06. The lowest BCUT2D eigenvalue weighted by atomic mass is 10.2. The third-order valence-electron chi connectivity index (χ3n) is 2.91. The Morgan fingerprint density at radius 3 is 2.32 bits per heavy atom. The van der Waals surface area contributed by atoms with E-state index in [1.54, 1.807) is 12.1 Å². The van der Waals surface area contributed by atoms with Gasteiger partial charge in [0.2, 0.25) is 0 Å². The number of nitrogens with one attached hydrogen (secondary N) is 1. The smallest absolute Gasteiger partial charge is 0.178 e. The molecule has 0 aliphatic rings. The number of sulfone groups is 1. The molecule has 0 atom stereocenters. The summed E-state index contributed by atoms with van der Waals surface area (Å²) in [5, 5.41) is 11.8. The van der Waals surface area contributed by atoms with Crippen LogP contribution in [0.1, 0.15) is 24.8 Å². The number of unbranched alkanes of at least 4 members (excludes halogenated alkanes) is 1. The number of aryl methyl sites for hydroxylation is 1. The first-order valence-corrected chi connectivity index (χ1v) is 8.32. The van der Waals surface area contributed by atoms with Crippen LogP contribution in [0.4, 0.5) is 0 Å².